The first-order chi connectivity index (χ1) is 10.2. The summed E-state index contributed by atoms with van der Waals surface area (Å²) >= 11 is 1.74. The lowest BCUT2D eigenvalue weighted by molar-refractivity contribution is 0.302. The highest BCUT2D eigenvalue weighted by atomic mass is 32.1. The number of ether oxygens (including phenoxy) is 1. The summed E-state index contributed by atoms with van der Waals surface area (Å²) in [5, 5.41) is 4.48. The summed E-state index contributed by atoms with van der Waals surface area (Å²) in [6.07, 6.45) is 2.14. The van der Waals surface area contributed by atoms with E-state index in [4.69, 9.17) is 4.74 Å². The molecular formula is C17H24N2OS. The number of nitrogens with zero attached hydrogens (tertiary/aromatic N) is 1. The second kappa shape index (κ2) is 8.15. The van der Waals surface area contributed by atoms with Crippen LogP contribution >= 0.6 is 11.3 Å². The van der Waals surface area contributed by atoms with Crippen molar-refractivity contribution in [2.75, 3.05) is 6.54 Å². The molecule has 0 bridgehead atoms. The van der Waals surface area contributed by atoms with Crippen molar-refractivity contribution in [3.8, 4) is 5.75 Å². The van der Waals surface area contributed by atoms with Crippen LogP contribution in [0.15, 0.2) is 24.3 Å². The van der Waals surface area contributed by atoms with Crippen LogP contribution < -0.4 is 10.1 Å². The smallest absolute Gasteiger partial charge is 0.140 e. The molecule has 0 radical (unpaired) electrons. The molecule has 0 aliphatic carbocycles. The molecule has 0 aliphatic heterocycles. The molecule has 1 aromatic heterocycles. The molecule has 1 heterocycles. The van der Waals surface area contributed by atoms with Gasteiger partial charge in [0.1, 0.15) is 17.4 Å². The van der Waals surface area contributed by atoms with E-state index < -0.39 is 0 Å². The van der Waals surface area contributed by atoms with Crippen LogP contribution in [0.4, 0.5) is 0 Å². The van der Waals surface area contributed by atoms with E-state index in [1.807, 2.05) is 12.1 Å². The van der Waals surface area contributed by atoms with Gasteiger partial charge in [-0.05, 0) is 37.9 Å². The van der Waals surface area contributed by atoms with Crippen molar-refractivity contribution in [2.24, 2.45) is 0 Å². The minimum Gasteiger partial charge on any atom is -0.486 e. The van der Waals surface area contributed by atoms with Crippen molar-refractivity contribution in [3.05, 3.63) is 45.4 Å². The number of para-hydroxylation sites is 1. The summed E-state index contributed by atoms with van der Waals surface area (Å²) in [6, 6.07) is 8.21. The quantitative estimate of drug-likeness (QED) is 0.746. The van der Waals surface area contributed by atoms with Crippen LogP contribution in [0.5, 0.6) is 5.75 Å². The van der Waals surface area contributed by atoms with E-state index >= 15 is 0 Å². The Morgan fingerprint density at radius 2 is 2.05 bits per heavy atom. The molecular weight excluding hydrogens is 280 g/mol. The number of hydrogen-bond donors (Lipinski definition) is 1. The standard InChI is InChI=1S/C17H24N2OS/c1-4-10-18-11-16-13(3)19-17(21-16)12-20-15-9-7-6-8-14(15)5-2/h6-9,18H,4-5,10-12H2,1-3H3. The molecule has 0 saturated carbocycles. The first-order valence-electron chi connectivity index (χ1n) is 7.61. The normalized spacial score (nSPS) is 10.8. The molecule has 21 heavy (non-hydrogen) atoms. The first-order valence-corrected chi connectivity index (χ1v) is 8.42. The van der Waals surface area contributed by atoms with Gasteiger partial charge in [0.25, 0.3) is 0 Å². The predicted octanol–water partition coefficient (Wildman–Crippen LogP) is 4.09. The Kier molecular flexibility index (Phi) is 6.21. The zero-order chi connectivity index (χ0) is 15.1. The molecule has 0 fully saturated rings. The van der Waals surface area contributed by atoms with E-state index in [9.17, 15) is 0 Å². The molecule has 0 atom stereocenters. The highest BCUT2D eigenvalue weighted by Crippen LogP contribution is 2.22. The van der Waals surface area contributed by atoms with Gasteiger partial charge < -0.3 is 10.1 Å². The third kappa shape index (κ3) is 4.55. The van der Waals surface area contributed by atoms with Crippen LogP contribution in [0.1, 0.15) is 41.4 Å². The van der Waals surface area contributed by atoms with Crippen LogP contribution in [0, 0.1) is 6.92 Å². The maximum absolute atomic E-state index is 5.94. The van der Waals surface area contributed by atoms with Crippen molar-refractivity contribution < 1.29 is 4.74 Å². The van der Waals surface area contributed by atoms with Crippen LogP contribution in [-0.4, -0.2) is 11.5 Å². The van der Waals surface area contributed by atoms with Gasteiger partial charge in [-0.25, -0.2) is 4.98 Å². The van der Waals surface area contributed by atoms with Crippen LogP contribution in [0.2, 0.25) is 0 Å². The Morgan fingerprint density at radius 3 is 2.81 bits per heavy atom. The molecule has 0 unspecified atom stereocenters. The van der Waals surface area contributed by atoms with Gasteiger partial charge in [0.2, 0.25) is 0 Å². The number of aryl methyl sites for hydroxylation is 2. The van der Waals surface area contributed by atoms with Crippen LogP contribution in [-0.2, 0) is 19.6 Å². The fourth-order valence-corrected chi connectivity index (χ4v) is 3.12. The van der Waals surface area contributed by atoms with E-state index in [0.29, 0.717) is 6.61 Å². The van der Waals surface area contributed by atoms with E-state index in [1.54, 1.807) is 11.3 Å². The summed E-state index contributed by atoms with van der Waals surface area (Å²) in [7, 11) is 0. The number of hydrogen-bond acceptors (Lipinski definition) is 4. The fourth-order valence-electron chi connectivity index (χ4n) is 2.17. The molecule has 0 spiro atoms. The number of rotatable bonds is 8. The van der Waals surface area contributed by atoms with Gasteiger partial charge in [0.05, 0.1) is 5.69 Å². The zero-order valence-corrected chi connectivity index (χ0v) is 13.9. The molecule has 4 heteroatoms. The number of aromatic nitrogens is 1. The minimum atomic E-state index is 0.552. The largest absolute Gasteiger partial charge is 0.486 e. The summed E-state index contributed by atoms with van der Waals surface area (Å²) in [6.45, 7) is 8.90. The summed E-state index contributed by atoms with van der Waals surface area (Å²) < 4.78 is 5.94. The van der Waals surface area contributed by atoms with Gasteiger partial charge in [-0.1, -0.05) is 32.0 Å². The molecule has 2 aromatic rings. The van der Waals surface area contributed by atoms with Gasteiger partial charge in [-0.3, -0.25) is 0 Å². The number of thiazole rings is 1. The van der Waals surface area contributed by atoms with E-state index in [1.165, 1.54) is 10.4 Å². The van der Waals surface area contributed by atoms with Crippen LogP contribution in [0.25, 0.3) is 0 Å². The zero-order valence-electron chi connectivity index (χ0n) is 13.1. The van der Waals surface area contributed by atoms with Gasteiger partial charge in [-0.15, -0.1) is 11.3 Å². The van der Waals surface area contributed by atoms with Crippen molar-refractivity contribution in [1.29, 1.82) is 0 Å². The predicted molar refractivity (Wildman–Crippen MR) is 89.0 cm³/mol. The van der Waals surface area contributed by atoms with Gasteiger partial charge >= 0.3 is 0 Å². The first kappa shape index (κ1) is 16.0. The van der Waals surface area contributed by atoms with Crippen LogP contribution in [0.3, 0.4) is 0 Å². The molecule has 0 aliphatic rings. The average molecular weight is 304 g/mol. The summed E-state index contributed by atoms with van der Waals surface area (Å²) in [5.41, 5.74) is 2.36. The highest BCUT2D eigenvalue weighted by Gasteiger charge is 2.08. The van der Waals surface area contributed by atoms with Gasteiger partial charge in [0, 0.05) is 11.4 Å². The lowest BCUT2D eigenvalue weighted by atomic mass is 10.1. The lowest BCUT2D eigenvalue weighted by Crippen LogP contribution is -2.13. The molecule has 1 N–H and O–H groups in total. The molecule has 0 amide bonds. The third-order valence-corrected chi connectivity index (χ3v) is 4.48. The molecule has 2 rings (SSSR count). The van der Waals surface area contributed by atoms with E-state index in [2.05, 4.69) is 43.2 Å². The van der Waals surface area contributed by atoms with Crippen molar-refractivity contribution in [3.63, 3.8) is 0 Å². The van der Waals surface area contributed by atoms with Crippen molar-refractivity contribution in [1.82, 2.24) is 10.3 Å². The van der Waals surface area contributed by atoms with Gasteiger partial charge in [0.15, 0.2) is 0 Å². The molecule has 3 nitrogen and oxygen atoms in total. The van der Waals surface area contributed by atoms with Crippen molar-refractivity contribution in [2.45, 2.75) is 46.8 Å². The second-order valence-corrected chi connectivity index (χ2v) is 6.21. The monoisotopic (exact) mass is 304 g/mol. The van der Waals surface area contributed by atoms with E-state index in [-0.39, 0.29) is 0 Å². The Balaban J connectivity index is 1.95. The SMILES string of the molecule is CCCNCc1sc(COc2ccccc2CC)nc1C. The maximum atomic E-state index is 5.94. The second-order valence-electron chi connectivity index (χ2n) is 5.04. The number of nitrogens with one attached hydrogen (secondary N) is 1. The van der Waals surface area contributed by atoms with Crippen molar-refractivity contribution >= 4 is 11.3 Å². The molecule has 0 saturated heterocycles. The Labute approximate surface area is 131 Å². The number of benzene rings is 1. The summed E-state index contributed by atoms with van der Waals surface area (Å²) in [5.74, 6) is 0.971. The highest BCUT2D eigenvalue weighted by molar-refractivity contribution is 7.11. The van der Waals surface area contributed by atoms with Gasteiger partial charge in [-0.2, -0.15) is 0 Å². The summed E-state index contributed by atoms with van der Waals surface area (Å²) in [4.78, 5) is 5.92. The maximum Gasteiger partial charge on any atom is 0.140 e. The van der Waals surface area contributed by atoms with E-state index in [0.717, 1.165) is 42.4 Å². The minimum absolute atomic E-state index is 0.552. The Morgan fingerprint density at radius 1 is 1.24 bits per heavy atom. The topological polar surface area (TPSA) is 34.1 Å². The Bertz CT molecular complexity index is 566. The average Bonchev–Trinajstić information content (AvgIpc) is 2.86. The lowest BCUT2D eigenvalue weighted by Gasteiger charge is -2.08. The molecule has 114 valence electrons. The Hall–Kier alpha value is -1.39. The third-order valence-electron chi connectivity index (χ3n) is 3.35. The fraction of sp³-hybridized carbons (Fsp3) is 0.471. The molecule has 1 aromatic carbocycles.